The number of nitrogen functional groups attached to an aromatic ring is 1. The zero-order valence-corrected chi connectivity index (χ0v) is 28.1. The number of carbonyl (C=O) groups is 1. The van der Waals surface area contributed by atoms with Crippen molar-refractivity contribution in [1.29, 1.82) is 0 Å². The van der Waals surface area contributed by atoms with Crippen LogP contribution in [0.2, 0.25) is 0 Å². The van der Waals surface area contributed by atoms with Crippen molar-refractivity contribution in [2.45, 2.75) is 69.7 Å². The summed E-state index contributed by atoms with van der Waals surface area (Å²) in [6.07, 6.45) is 4.88. The Morgan fingerprint density at radius 2 is 1.66 bits per heavy atom. The van der Waals surface area contributed by atoms with E-state index in [1.165, 1.54) is 6.33 Å². The molecule has 8 rings (SSSR count). The molecular weight excluding hydrogens is 636 g/mol. The van der Waals surface area contributed by atoms with Crippen LogP contribution < -0.4 is 20.5 Å². The Bertz CT molecular complexity index is 2040. The van der Waals surface area contributed by atoms with Crippen molar-refractivity contribution in [3.8, 4) is 11.5 Å². The molecule has 12 nitrogen and oxygen atoms in total. The summed E-state index contributed by atoms with van der Waals surface area (Å²) in [6.45, 7) is 8.13. The maximum absolute atomic E-state index is 13.9. The van der Waals surface area contributed by atoms with Gasteiger partial charge in [0.15, 0.2) is 35.0 Å². The van der Waals surface area contributed by atoms with Crippen LogP contribution in [0.3, 0.4) is 0 Å². The minimum Gasteiger partial charge on any atom is -0.440 e. The van der Waals surface area contributed by atoms with Gasteiger partial charge in [-0.05, 0) is 37.5 Å². The van der Waals surface area contributed by atoms with E-state index in [0.29, 0.717) is 28.2 Å². The standard InChI is InChI=1S/C38H38N6O6/c1-22(2)23-18-26(30-28(19-23)47-38(50-30,24-12-7-5-8-13-24)25-14-9-6-10-15-25)35(45)40-17-11-16-27-31-32(49-37(3,4)48-31)36(46-27)44-21-43-29-33(39)41-20-42-34(29)44/h5-16,18-22,27,31-32,36H,17H2,1-4H3,(H,40,45)(H2,39,41,42)/t27-,31?,32+,36-/m1/s1. The number of nitrogens with two attached hydrogens (primary N) is 1. The lowest BCUT2D eigenvalue weighted by atomic mass is 9.97. The van der Waals surface area contributed by atoms with Gasteiger partial charge in [-0.3, -0.25) is 9.36 Å². The molecule has 3 aliphatic rings. The van der Waals surface area contributed by atoms with Gasteiger partial charge in [-0.1, -0.05) is 86.7 Å². The molecule has 0 radical (unpaired) electrons. The van der Waals surface area contributed by atoms with Gasteiger partial charge in [0.05, 0.1) is 11.9 Å². The predicted molar refractivity (Wildman–Crippen MR) is 184 cm³/mol. The lowest BCUT2D eigenvalue weighted by Gasteiger charge is -2.28. The molecule has 3 aliphatic heterocycles. The van der Waals surface area contributed by atoms with Crippen molar-refractivity contribution in [2.24, 2.45) is 0 Å². The van der Waals surface area contributed by atoms with Crippen LogP contribution in [0.1, 0.15) is 66.9 Å². The van der Waals surface area contributed by atoms with Crippen molar-refractivity contribution in [3.63, 3.8) is 0 Å². The van der Waals surface area contributed by atoms with Crippen molar-refractivity contribution in [3.05, 3.63) is 120 Å². The van der Waals surface area contributed by atoms with Crippen LogP contribution in [0.5, 0.6) is 11.5 Å². The molecule has 0 aliphatic carbocycles. The number of rotatable bonds is 8. The van der Waals surface area contributed by atoms with E-state index in [-0.39, 0.29) is 24.2 Å². The Hall–Kier alpha value is -5.30. The SMILES string of the molecule is CC(C)c1cc2c(c(C(=O)NCC=C[C@H]3O[C@@H](n4cnc5c(N)ncnc54)[C@H]4OC(C)(C)OC34)c1)OC(c1ccccc1)(c1ccccc1)O2. The highest BCUT2D eigenvalue weighted by atomic mass is 16.8. The summed E-state index contributed by atoms with van der Waals surface area (Å²) in [7, 11) is 0. The number of nitrogens with one attached hydrogen (secondary N) is 1. The number of anilines is 1. The van der Waals surface area contributed by atoms with Gasteiger partial charge < -0.3 is 34.7 Å². The number of hydrogen-bond acceptors (Lipinski definition) is 10. The fourth-order valence-electron chi connectivity index (χ4n) is 6.84. The van der Waals surface area contributed by atoms with E-state index >= 15 is 0 Å². The minimum absolute atomic E-state index is 0.146. The summed E-state index contributed by atoms with van der Waals surface area (Å²) in [6, 6.07) is 23.4. The van der Waals surface area contributed by atoms with Crippen molar-refractivity contribution in [2.75, 3.05) is 12.3 Å². The van der Waals surface area contributed by atoms with Gasteiger partial charge in [-0.25, -0.2) is 15.0 Å². The largest absolute Gasteiger partial charge is 0.440 e. The Kier molecular flexibility index (Phi) is 7.81. The smallest absolute Gasteiger partial charge is 0.305 e. The van der Waals surface area contributed by atoms with Gasteiger partial charge >= 0.3 is 5.79 Å². The Morgan fingerprint density at radius 1 is 0.960 bits per heavy atom. The van der Waals surface area contributed by atoms with E-state index in [0.717, 1.165) is 16.7 Å². The number of hydrogen-bond donors (Lipinski definition) is 2. The quantitative estimate of drug-likeness (QED) is 0.199. The number of imidazole rings is 1. The Labute approximate surface area is 289 Å². The number of ether oxygens (including phenoxy) is 5. The molecule has 50 heavy (non-hydrogen) atoms. The van der Waals surface area contributed by atoms with Gasteiger partial charge in [0.25, 0.3) is 5.91 Å². The molecule has 2 saturated heterocycles. The first-order valence-electron chi connectivity index (χ1n) is 16.7. The minimum atomic E-state index is -1.25. The van der Waals surface area contributed by atoms with Crippen LogP contribution in [0, 0.1) is 0 Å². The van der Waals surface area contributed by atoms with E-state index in [4.69, 9.17) is 29.4 Å². The van der Waals surface area contributed by atoms with E-state index in [1.54, 1.807) is 10.9 Å². The normalized spacial score (nSPS) is 23.1. The summed E-state index contributed by atoms with van der Waals surface area (Å²) in [4.78, 5) is 26.7. The highest BCUT2D eigenvalue weighted by Crippen LogP contribution is 2.50. The third-order valence-corrected chi connectivity index (χ3v) is 9.23. The molecule has 2 fully saturated rings. The summed E-state index contributed by atoms with van der Waals surface area (Å²) >= 11 is 0. The second-order valence-electron chi connectivity index (χ2n) is 13.4. The highest BCUT2D eigenvalue weighted by molar-refractivity contribution is 5.98. The molecular formula is C38H38N6O6. The number of fused-ring (bicyclic) bond motifs is 3. The molecule has 256 valence electrons. The Morgan fingerprint density at radius 3 is 2.36 bits per heavy atom. The molecule has 0 saturated carbocycles. The number of carbonyl (C=O) groups excluding carboxylic acids is 1. The summed E-state index contributed by atoms with van der Waals surface area (Å²) in [5.41, 5.74) is 10.0. The lowest BCUT2D eigenvalue weighted by Crippen LogP contribution is -2.37. The summed E-state index contributed by atoms with van der Waals surface area (Å²) in [5, 5.41) is 3.04. The predicted octanol–water partition coefficient (Wildman–Crippen LogP) is 5.61. The van der Waals surface area contributed by atoms with Gasteiger partial charge in [-0.15, -0.1) is 0 Å². The summed E-state index contributed by atoms with van der Waals surface area (Å²) in [5.74, 6) is -1.02. The average Bonchev–Trinajstić information content (AvgIpc) is 3.88. The molecule has 5 heterocycles. The molecule has 1 amide bonds. The van der Waals surface area contributed by atoms with Crippen molar-refractivity contribution >= 4 is 22.9 Å². The zero-order valence-electron chi connectivity index (χ0n) is 28.1. The first-order valence-corrected chi connectivity index (χ1v) is 16.7. The molecule has 4 atom stereocenters. The van der Waals surface area contributed by atoms with E-state index in [2.05, 4.69) is 34.1 Å². The first kappa shape index (κ1) is 31.9. The maximum atomic E-state index is 13.9. The van der Waals surface area contributed by atoms with Crippen LogP contribution in [-0.4, -0.2) is 56.1 Å². The maximum Gasteiger partial charge on any atom is 0.305 e. The molecule has 1 unspecified atom stereocenters. The van der Waals surface area contributed by atoms with Gasteiger partial charge in [0.2, 0.25) is 0 Å². The highest BCUT2D eigenvalue weighted by Gasteiger charge is 2.55. The van der Waals surface area contributed by atoms with Crippen LogP contribution in [0.25, 0.3) is 11.2 Å². The van der Waals surface area contributed by atoms with Crippen LogP contribution >= 0.6 is 0 Å². The number of benzene rings is 3. The summed E-state index contributed by atoms with van der Waals surface area (Å²) < 4.78 is 34.2. The molecule has 0 bridgehead atoms. The van der Waals surface area contributed by atoms with E-state index < -0.39 is 36.1 Å². The van der Waals surface area contributed by atoms with Gasteiger partial charge in [0.1, 0.15) is 30.2 Å². The molecule has 3 N–H and O–H groups in total. The zero-order chi connectivity index (χ0) is 34.6. The monoisotopic (exact) mass is 674 g/mol. The van der Waals surface area contributed by atoms with Gasteiger partial charge in [0, 0.05) is 17.7 Å². The van der Waals surface area contributed by atoms with Gasteiger partial charge in [-0.2, -0.15) is 0 Å². The topological polar surface area (TPSA) is 145 Å². The van der Waals surface area contributed by atoms with E-state index in [9.17, 15) is 4.79 Å². The van der Waals surface area contributed by atoms with Crippen molar-refractivity contribution in [1.82, 2.24) is 24.8 Å². The van der Waals surface area contributed by atoms with Crippen LogP contribution in [0.4, 0.5) is 5.82 Å². The van der Waals surface area contributed by atoms with Crippen LogP contribution in [0.15, 0.2) is 97.6 Å². The molecule has 3 aromatic carbocycles. The lowest BCUT2D eigenvalue weighted by molar-refractivity contribution is -0.191. The second-order valence-corrected chi connectivity index (χ2v) is 13.4. The average molecular weight is 675 g/mol. The number of nitrogens with zero attached hydrogens (tertiary/aromatic N) is 4. The third-order valence-electron chi connectivity index (χ3n) is 9.23. The number of aromatic nitrogens is 4. The van der Waals surface area contributed by atoms with E-state index in [1.807, 2.05) is 98.8 Å². The fraction of sp³-hybridized carbons (Fsp3) is 0.316. The van der Waals surface area contributed by atoms with Crippen molar-refractivity contribution < 1.29 is 28.5 Å². The molecule has 5 aromatic rings. The first-order chi connectivity index (χ1) is 24.1. The molecule has 2 aromatic heterocycles. The molecule has 0 spiro atoms. The van der Waals surface area contributed by atoms with Crippen LogP contribution in [-0.2, 0) is 20.0 Å². The fourth-order valence-corrected chi connectivity index (χ4v) is 6.84. The third kappa shape index (κ3) is 5.45. The second kappa shape index (κ2) is 12.2. The molecule has 12 heteroatoms. The Balaban J connectivity index is 1.04. The number of amides is 1.